The molecule has 0 amide bonds. The average molecular weight is 181 g/mol. The van der Waals surface area contributed by atoms with E-state index in [-0.39, 0.29) is 5.92 Å². The third-order valence-corrected chi connectivity index (χ3v) is 2.57. The van der Waals surface area contributed by atoms with E-state index >= 15 is 0 Å². The molecule has 0 fully saturated rings. The number of hydrogen-bond donors (Lipinski definition) is 1. The fraction of sp³-hybridized carbons (Fsp3) is 0.727. The van der Waals surface area contributed by atoms with Gasteiger partial charge in [0.25, 0.3) is 0 Å². The van der Waals surface area contributed by atoms with Crippen molar-refractivity contribution in [2.45, 2.75) is 32.6 Å². The molecular formula is C11H19NO. The third-order valence-electron chi connectivity index (χ3n) is 2.57. The number of rotatable bonds is 4. The van der Waals surface area contributed by atoms with E-state index in [9.17, 15) is 4.79 Å². The van der Waals surface area contributed by atoms with Gasteiger partial charge in [0.15, 0.2) is 5.78 Å². The molecule has 1 rings (SSSR count). The van der Waals surface area contributed by atoms with E-state index in [0.717, 1.165) is 25.0 Å². The van der Waals surface area contributed by atoms with Crippen LogP contribution >= 0.6 is 0 Å². The van der Waals surface area contributed by atoms with E-state index in [1.54, 1.807) is 0 Å². The van der Waals surface area contributed by atoms with Crippen molar-refractivity contribution in [3.8, 4) is 0 Å². The second kappa shape index (κ2) is 5.18. The number of Topliss-reactive ketones (excluding diaryl/α,β-unsaturated/α-hetero) is 1. The Labute approximate surface area is 80.4 Å². The zero-order valence-electron chi connectivity index (χ0n) is 8.60. The molecule has 0 spiro atoms. The minimum atomic E-state index is 0.134. The van der Waals surface area contributed by atoms with Crippen molar-refractivity contribution in [3.05, 3.63) is 11.6 Å². The van der Waals surface area contributed by atoms with Crippen LogP contribution in [0.5, 0.6) is 0 Å². The minimum Gasteiger partial charge on any atom is -0.319 e. The molecule has 1 atom stereocenters. The maximum atomic E-state index is 11.8. The molecule has 0 aromatic heterocycles. The monoisotopic (exact) mass is 181 g/mol. The predicted molar refractivity (Wildman–Crippen MR) is 54.6 cm³/mol. The summed E-state index contributed by atoms with van der Waals surface area (Å²) >= 11 is 0. The van der Waals surface area contributed by atoms with Gasteiger partial charge in [0.1, 0.15) is 0 Å². The van der Waals surface area contributed by atoms with Crippen molar-refractivity contribution in [1.82, 2.24) is 5.32 Å². The highest BCUT2D eigenvalue weighted by molar-refractivity contribution is 5.97. The van der Waals surface area contributed by atoms with Gasteiger partial charge in [-0.1, -0.05) is 13.0 Å². The SMILES string of the molecule is CNCC(C)C(=O)C1=CCCCC1. The first-order valence-corrected chi connectivity index (χ1v) is 5.13. The molecule has 2 heteroatoms. The molecule has 13 heavy (non-hydrogen) atoms. The highest BCUT2D eigenvalue weighted by atomic mass is 16.1. The maximum Gasteiger partial charge on any atom is 0.162 e. The number of carbonyl (C=O) groups excluding carboxylic acids is 1. The molecular weight excluding hydrogens is 162 g/mol. The first-order chi connectivity index (χ1) is 6.25. The Bertz CT molecular complexity index is 208. The summed E-state index contributed by atoms with van der Waals surface area (Å²) in [6.45, 7) is 2.78. The Kier molecular flexibility index (Phi) is 4.16. The lowest BCUT2D eigenvalue weighted by molar-refractivity contribution is -0.118. The smallest absolute Gasteiger partial charge is 0.162 e. The Hall–Kier alpha value is -0.630. The van der Waals surface area contributed by atoms with Gasteiger partial charge in [0, 0.05) is 12.5 Å². The van der Waals surface area contributed by atoms with Crippen LogP contribution in [0, 0.1) is 5.92 Å². The quantitative estimate of drug-likeness (QED) is 0.718. The van der Waals surface area contributed by atoms with Crippen LogP contribution in [0.3, 0.4) is 0 Å². The summed E-state index contributed by atoms with van der Waals surface area (Å²) in [5.41, 5.74) is 1.06. The van der Waals surface area contributed by atoms with Gasteiger partial charge in [-0.2, -0.15) is 0 Å². The summed E-state index contributed by atoms with van der Waals surface area (Å²) < 4.78 is 0. The van der Waals surface area contributed by atoms with E-state index in [4.69, 9.17) is 0 Å². The number of carbonyl (C=O) groups is 1. The summed E-state index contributed by atoms with van der Waals surface area (Å²) in [5.74, 6) is 0.475. The molecule has 1 aliphatic carbocycles. The van der Waals surface area contributed by atoms with Gasteiger partial charge in [0.2, 0.25) is 0 Å². The van der Waals surface area contributed by atoms with Crippen LogP contribution in [0.15, 0.2) is 11.6 Å². The molecule has 0 heterocycles. The lowest BCUT2D eigenvalue weighted by atomic mass is 9.91. The minimum absolute atomic E-state index is 0.134. The molecule has 0 saturated carbocycles. The largest absolute Gasteiger partial charge is 0.319 e. The Morgan fingerprint density at radius 2 is 2.38 bits per heavy atom. The van der Waals surface area contributed by atoms with Crippen LogP contribution < -0.4 is 5.32 Å². The molecule has 0 aromatic carbocycles. The first-order valence-electron chi connectivity index (χ1n) is 5.13. The highest BCUT2D eigenvalue weighted by Gasteiger charge is 2.17. The third kappa shape index (κ3) is 2.96. The normalized spacial score (nSPS) is 19.4. The van der Waals surface area contributed by atoms with Gasteiger partial charge in [0.05, 0.1) is 0 Å². The van der Waals surface area contributed by atoms with Crippen molar-refractivity contribution < 1.29 is 4.79 Å². The molecule has 0 saturated heterocycles. The molecule has 0 aliphatic heterocycles. The number of ketones is 1. The van der Waals surface area contributed by atoms with Gasteiger partial charge in [-0.15, -0.1) is 0 Å². The van der Waals surface area contributed by atoms with Gasteiger partial charge < -0.3 is 5.32 Å². The Balaban J connectivity index is 2.50. The zero-order valence-corrected chi connectivity index (χ0v) is 8.60. The van der Waals surface area contributed by atoms with Crippen LogP contribution in [0.1, 0.15) is 32.6 Å². The lowest BCUT2D eigenvalue weighted by Gasteiger charge is -2.15. The molecule has 1 N–H and O–H groups in total. The lowest BCUT2D eigenvalue weighted by Crippen LogP contribution is -2.25. The second-order valence-electron chi connectivity index (χ2n) is 3.80. The van der Waals surface area contributed by atoms with Crippen molar-refractivity contribution in [1.29, 1.82) is 0 Å². The molecule has 0 bridgehead atoms. The number of nitrogens with one attached hydrogen (secondary N) is 1. The predicted octanol–water partition coefficient (Wildman–Crippen LogP) is 1.91. The van der Waals surface area contributed by atoms with E-state index < -0.39 is 0 Å². The zero-order chi connectivity index (χ0) is 9.68. The Morgan fingerprint density at radius 1 is 1.62 bits per heavy atom. The molecule has 74 valence electrons. The summed E-state index contributed by atoms with van der Waals surface area (Å²) in [7, 11) is 1.89. The Morgan fingerprint density at radius 3 is 2.92 bits per heavy atom. The molecule has 0 radical (unpaired) electrons. The fourth-order valence-electron chi connectivity index (χ4n) is 1.78. The molecule has 1 aliphatic rings. The fourth-order valence-corrected chi connectivity index (χ4v) is 1.78. The van der Waals surface area contributed by atoms with Gasteiger partial charge in [-0.05, 0) is 38.3 Å². The maximum absolute atomic E-state index is 11.8. The van der Waals surface area contributed by atoms with Crippen molar-refractivity contribution in [2.24, 2.45) is 5.92 Å². The topological polar surface area (TPSA) is 29.1 Å². The van der Waals surface area contributed by atoms with Crippen LogP contribution in [0.25, 0.3) is 0 Å². The van der Waals surface area contributed by atoms with Crippen molar-refractivity contribution in [3.63, 3.8) is 0 Å². The summed E-state index contributed by atoms with van der Waals surface area (Å²) in [6.07, 6.45) is 6.64. The van der Waals surface area contributed by atoms with E-state index in [1.807, 2.05) is 14.0 Å². The molecule has 0 aromatic rings. The molecule has 1 unspecified atom stereocenters. The van der Waals surface area contributed by atoms with E-state index in [2.05, 4.69) is 11.4 Å². The average Bonchev–Trinajstić information content (AvgIpc) is 2.18. The second-order valence-corrected chi connectivity index (χ2v) is 3.80. The standard InChI is InChI=1S/C11H19NO/c1-9(8-12-2)11(13)10-6-4-3-5-7-10/h6,9,12H,3-5,7-8H2,1-2H3. The van der Waals surface area contributed by atoms with Crippen molar-refractivity contribution >= 4 is 5.78 Å². The van der Waals surface area contributed by atoms with Crippen LogP contribution in [0.4, 0.5) is 0 Å². The molecule has 2 nitrogen and oxygen atoms in total. The highest BCUT2D eigenvalue weighted by Crippen LogP contribution is 2.20. The van der Waals surface area contributed by atoms with Gasteiger partial charge in [-0.25, -0.2) is 0 Å². The van der Waals surface area contributed by atoms with Crippen molar-refractivity contribution in [2.75, 3.05) is 13.6 Å². The van der Waals surface area contributed by atoms with E-state index in [0.29, 0.717) is 5.78 Å². The van der Waals surface area contributed by atoms with E-state index in [1.165, 1.54) is 12.8 Å². The van der Waals surface area contributed by atoms with Gasteiger partial charge in [-0.3, -0.25) is 4.79 Å². The van der Waals surface area contributed by atoms with Crippen LogP contribution in [0.2, 0.25) is 0 Å². The van der Waals surface area contributed by atoms with Crippen LogP contribution in [-0.4, -0.2) is 19.4 Å². The summed E-state index contributed by atoms with van der Waals surface area (Å²) in [5, 5.41) is 3.04. The summed E-state index contributed by atoms with van der Waals surface area (Å²) in [4.78, 5) is 11.8. The van der Waals surface area contributed by atoms with Crippen LogP contribution in [-0.2, 0) is 4.79 Å². The van der Waals surface area contributed by atoms with Gasteiger partial charge >= 0.3 is 0 Å². The first kappa shape index (κ1) is 10.5. The number of allylic oxidation sites excluding steroid dienone is 2. The summed E-state index contributed by atoms with van der Waals surface area (Å²) in [6, 6.07) is 0. The number of hydrogen-bond acceptors (Lipinski definition) is 2.